The quantitative estimate of drug-likeness (QED) is 0.377. The Bertz CT molecular complexity index is 973. The largest absolute Gasteiger partial charge is 0.348 e. The van der Waals surface area contributed by atoms with Crippen LogP contribution in [-0.2, 0) is 12.3 Å². The molecule has 0 aliphatic rings. The minimum atomic E-state index is -0.460. The van der Waals surface area contributed by atoms with E-state index in [0.717, 1.165) is 4.90 Å². The molecule has 1 heterocycles. The van der Waals surface area contributed by atoms with Gasteiger partial charge < -0.3 is 9.84 Å². The number of nitrogens with one attached hydrogen (secondary N) is 1. The Hall–Kier alpha value is -3.20. The van der Waals surface area contributed by atoms with Gasteiger partial charge in [-0.15, -0.1) is 11.8 Å². The van der Waals surface area contributed by atoms with E-state index in [4.69, 9.17) is 4.52 Å². The van der Waals surface area contributed by atoms with Crippen LogP contribution in [-0.4, -0.2) is 21.0 Å². The number of carbonyl (C=O) groups is 1. The van der Waals surface area contributed by atoms with Gasteiger partial charge >= 0.3 is 0 Å². The molecule has 8 nitrogen and oxygen atoms in total. The van der Waals surface area contributed by atoms with Gasteiger partial charge in [-0.2, -0.15) is 4.98 Å². The van der Waals surface area contributed by atoms with Crippen LogP contribution in [0.4, 0.5) is 5.69 Å². The maximum atomic E-state index is 12.6. The molecule has 0 spiro atoms. The first kappa shape index (κ1) is 18.6. The molecule has 3 rings (SSSR count). The third kappa shape index (κ3) is 4.70. The Morgan fingerprint density at radius 1 is 1.22 bits per heavy atom. The molecule has 2 aromatic carbocycles. The molecule has 0 atom stereocenters. The molecule has 0 saturated carbocycles. The molecule has 9 heteroatoms. The van der Waals surface area contributed by atoms with Gasteiger partial charge in [-0.1, -0.05) is 35.5 Å². The van der Waals surface area contributed by atoms with Crippen molar-refractivity contribution in [3.8, 4) is 0 Å². The summed E-state index contributed by atoms with van der Waals surface area (Å²) < 4.78 is 4.94. The second-order valence-corrected chi connectivity index (χ2v) is 6.60. The number of amides is 1. The summed E-state index contributed by atoms with van der Waals surface area (Å²) in [5.74, 6) is 1.19. The lowest BCUT2D eigenvalue weighted by molar-refractivity contribution is -0.385. The van der Waals surface area contributed by atoms with E-state index in [-0.39, 0.29) is 18.1 Å². The fraction of sp³-hybridized carbons (Fsp3) is 0.167. The highest BCUT2D eigenvalue weighted by Gasteiger charge is 2.16. The molecule has 1 amide bonds. The molecule has 0 fully saturated rings. The van der Waals surface area contributed by atoms with Crippen molar-refractivity contribution in [3.05, 3.63) is 81.5 Å². The molecule has 1 N–H and O–H groups in total. The first-order chi connectivity index (χ1) is 13.0. The lowest BCUT2D eigenvalue weighted by Gasteiger charge is -2.09. The Kier molecular flexibility index (Phi) is 5.82. The number of thioether (sulfide) groups is 1. The van der Waals surface area contributed by atoms with Crippen LogP contribution in [0.15, 0.2) is 57.9 Å². The number of nitrogens with zero attached hydrogens (tertiary/aromatic N) is 3. The zero-order valence-corrected chi connectivity index (χ0v) is 15.2. The normalized spacial score (nSPS) is 10.6. The number of aromatic nitrogens is 2. The third-order valence-electron chi connectivity index (χ3n) is 3.69. The van der Waals surface area contributed by atoms with Gasteiger partial charge in [-0.05, 0) is 12.1 Å². The minimum Gasteiger partial charge on any atom is -0.348 e. The van der Waals surface area contributed by atoms with Crippen LogP contribution in [0.2, 0.25) is 0 Å². The van der Waals surface area contributed by atoms with Crippen LogP contribution in [0.3, 0.4) is 0 Å². The van der Waals surface area contributed by atoms with Gasteiger partial charge in [0.1, 0.15) is 0 Å². The van der Waals surface area contributed by atoms with E-state index < -0.39 is 4.92 Å². The summed E-state index contributed by atoms with van der Waals surface area (Å²) in [6.45, 7) is 1.78. The van der Waals surface area contributed by atoms with E-state index in [1.165, 1.54) is 17.8 Å². The topological polar surface area (TPSA) is 111 Å². The van der Waals surface area contributed by atoms with E-state index in [1.807, 2.05) is 12.1 Å². The molecular weight excluding hydrogens is 368 g/mol. The smallest absolute Gasteiger partial charge is 0.274 e. The maximum absolute atomic E-state index is 12.6. The summed E-state index contributed by atoms with van der Waals surface area (Å²) in [4.78, 5) is 28.1. The molecule has 138 valence electrons. The molecule has 27 heavy (non-hydrogen) atoms. The molecule has 1 aromatic heterocycles. The van der Waals surface area contributed by atoms with E-state index >= 15 is 0 Å². The van der Waals surface area contributed by atoms with Crippen molar-refractivity contribution in [1.82, 2.24) is 15.5 Å². The first-order valence-corrected chi connectivity index (χ1v) is 9.04. The molecule has 0 unspecified atom stereocenters. The summed E-state index contributed by atoms with van der Waals surface area (Å²) in [7, 11) is 0. The summed E-state index contributed by atoms with van der Waals surface area (Å²) in [5.41, 5.74) is 0.914. The molecule has 3 aromatic rings. The number of benzene rings is 2. The summed E-state index contributed by atoms with van der Waals surface area (Å²) in [6, 6.07) is 13.5. The monoisotopic (exact) mass is 384 g/mol. The second-order valence-electron chi connectivity index (χ2n) is 5.58. The average molecular weight is 384 g/mol. The van der Waals surface area contributed by atoms with Crippen LogP contribution in [0.5, 0.6) is 0 Å². The van der Waals surface area contributed by atoms with Gasteiger partial charge in [0, 0.05) is 30.0 Å². The van der Waals surface area contributed by atoms with Gasteiger partial charge in [0.2, 0.25) is 5.89 Å². The number of rotatable bonds is 7. The maximum Gasteiger partial charge on any atom is 0.274 e. The molecule has 0 radical (unpaired) electrons. The van der Waals surface area contributed by atoms with Gasteiger partial charge in [0.25, 0.3) is 11.6 Å². The highest BCUT2D eigenvalue weighted by atomic mass is 32.2. The van der Waals surface area contributed by atoms with Crippen molar-refractivity contribution in [2.75, 3.05) is 0 Å². The SMILES string of the molecule is Cc1nc(CSc2ccccc2C(=O)NCc2ccccc2[N+](=O)[O-])no1. The molecule has 0 saturated heterocycles. The fourth-order valence-electron chi connectivity index (χ4n) is 2.43. The number of aryl methyl sites for hydroxylation is 1. The fourth-order valence-corrected chi connectivity index (χ4v) is 3.32. The number of carbonyl (C=O) groups excluding carboxylic acids is 1. The van der Waals surface area contributed by atoms with Gasteiger partial charge in [0.15, 0.2) is 5.82 Å². The second kappa shape index (κ2) is 8.45. The first-order valence-electron chi connectivity index (χ1n) is 8.06. The third-order valence-corrected chi connectivity index (χ3v) is 4.76. The Labute approximate surface area is 159 Å². The van der Waals surface area contributed by atoms with Crippen LogP contribution in [0.1, 0.15) is 27.6 Å². The number of hydrogen-bond donors (Lipinski definition) is 1. The van der Waals surface area contributed by atoms with Crippen molar-refractivity contribution in [3.63, 3.8) is 0 Å². The number of para-hydroxylation sites is 1. The van der Waals surface area contributed by atoms with Gasteiger partial charge in [0.05, 0.1) is 16.2 Å². The predicted molar refractivity (Wildman–Crippen MR) is 99.3 cm³/mol. The van der Waals surface area contributed by atoms with Crippen molar-refractivity contribution >= 4 is 23.4 Å². The Morgan fingerprint density at radius 3 is 2.70 bits per heavy atom. The van der Waals surface area contributed by atoms with Crippen molar-refractivity contribution in [2.45, 2.75) is 24.1 Å². The van der Waals surface area contributed by atoms with Crippen LogP contribution >= 0.6 is 11.8 Å². The lowest BCUT2D eigenvalue weighted by atomic mass is 10.1. The zero-order valence-electron chi connectivity index (χ0n) is 14.4. The average Bonchev–Trinajstić information content (AvgIpc) is 3.10. The van der Waals surface area contributed by atoms with Gasteiger partial charge in [-0.3, -0.25) is 14.9 Å². The Balaban J connectivity index is 1.69. The van der Waals surface area contributed by atoms with Crippen molar-refractivity contribution in [2.24, 2.45) is 0 Å². The molecule has 0 aliphatic heterocycles. The summed E-state index contributed by atoms with van der Waals surface area (Å²) in [6.07, 6.45) is 0. The molecular formula is C18H16N4O4S. The Morgan fingerprint density at radius 2 is 1.96 bits per heavy atom. The van der Waals surface area contributed by atoms with Crippen LogP contribution in [0.25, 0.3) is 0 Å². The standard InChI is InChI=1S/C18H16N4O4S/c1-12-20-17(21-26-12)11-27-16-9-5-3-7-14(16)18(23)19-10-13-6-2-4-8-15(13)22(24)25/h2-9H,10-11H2,1H3,(H,19,23). The zero-order chi connectivity index (χ0) is 19.2. The predicted octanol–water partition coefficient (Wildman–Crippen LogP) is 3.51. The van der Waals surface area contributed by atoms with Crippen molar-refractivity contribution in [1.29, 1.82) is 0 Å². The number of nitro benzene ring substituents is 1. The number of hydrogen-bond acceptors (Lipinski definition) is 7. The number of nitro groups is 1. The molecule has 0 aliphatic carbocycles. The summed E-state index contributed by atoms with van der Waals surface area (Å²) in [5, 5.41) is 17.7. The summed E-state index contributed by atoms with van der Waals surface area (Å²) >= 11 is 1.42. The van der Waals surface area contributed by atoms with E-state index in [2.05, 4.69) is 15.5 Å². The highest BCUT2D eigenvalue weighted by Crippen LogP contribution is 2.26. The van der Waals surface area contributed by atoms with E-state index in [0.29, 0.717) is 28.6 Å². The van der Waals surface area contributed by atoms with Crippen LogP contribution < -0.4 is 5.32 Å². The highest BCUT2D eigenvalue weighted by molar-refractivity contribution is 7.98. The van der Waals surface area contributed by atoms with Gasteiger partial charge in [-0.25, -0.2) is 0 Å². The van der Waals surface area contributed by atoms with Crippen molar-refractivity contribution < 1.29 is 14.2 Å². The molecule has 0 bridgehead atoms. The van der Waals surface area contributed by atoms with E-state index in [1.54, 1.807) is 37.3 Å². The van der Waals surface area contributed by atoms with Crippen LogP contribution in [0, 0.1) is 17.0 Å². The van der Waals surface area contributed by atoms with E-state index in [9.17, 15) is 14.9 Å². The lowest BCUT2D eigenvalue weighted by Crippen LogP contribution is -2.23. The minimum absolute atomic E-state index is 0.0204.